The van der Waals surface area contributed by atoms with Crippen molar-refractivity contribution < 1.29 is 14.5 Å². The van der Waals surface area contributed by atoms with Gasteiger partial charge in [0.15, 0.2) is 5.75 Å². The van der Waals surface area contributed by atoms with Gasteiger partial charge in [-0.25, -0.2) is 0 Å². The first-order valence-electron chi connectivity index (χ1n) is 7.20. The Labute approximate surface area is 124 Å². The van der Waals surface area contributed by atoms with Gasteiger partial charge in [0.1, 0.15) is 0 Å². The van der Waals surface area contributed by atoms with Gasteiger partial charge in [-0.1, -0.05) is 32.6 Å². The molecule has 0 spiro atoms. The Bertz CT molecular complexity index is 489. The van der Waals surface area contributed by atoms with Crippen LogP contribution in [0.5, 0.6) is 5.75 Å². The molecule has 0 aliphatic carbocycles. The van der Waals surface area contributed by atoms with Crippen LogP contribution in [0.4, 0.5) is 5.69 Å². The molecule has 0 aliphatic rings. The van der Waals surface area contributed by atoms with E-state index in [4.69, 9.17) is 4.74 Å². The zero-order chi connectivity index (χ0) is 15.7. The summed E-state index contributed by atoms with van der Waals surface area (Å²) in [5, 5.41) is 13.7. The summed E-state index contributed by atoms with van der Waals surface area (Å²) in [4.78, 5) is 22.3. The maximum absolute atomic E-state index is 11.9. The number of nitro groups is 1. The molecule has 6 heteroatoms. The molecule has 0 aromatic heterocycles. The van der Waals surface area contributed by atoms with Crippen LogP contribution in [0.25, 0.3) is 0 Å². The molecule has 21 heavy (non-hydrogen) atoms. The first kappa shape index (κ1) is 16.9. The number of hydrogen-bond acceptors (Lipinski definition) is 4. The summed E-state index contributed by atoms with van der Waals surface area (Å²) in [6.07, 6.45) is 5.56. The lowest BCUT2D eigenvalue weighted by Crippen LogP contribution is -2.24. The summed E-state index contributed by atoms with van der Waals surface area (Å²) >= 11 is 0. The van der Waals surface area contributed by atoms with Crippen LogP contribution in [0, 0.1) is 10.1 Å². The van der Waals surface area contributed by atoms with E-state index in [0.717, 1.165) is 12.8 Å². The van der Waals surface area contributed by atoms with Crippen LogP contribution >= 0.6 is 0 Å². The maximum Gasteiger partial charge on any atom is 0.311 e. The third-order valence-electron chi connectivity index (χ3n) is 3.20. The summed E-state index contributed by atoms with van der Waals surface area (Å²) in [5.41, 5.74) is 0.0733. The molecule has 0 aliphatic heterocycles. The molecule has 1 rings (SSSR count). The average Bonchev–Trinajstić information content (AvgIpc) is 2.49. The van der Waals surface area contributed by atoms with E-state index >= 15 is 0 Å². The largest absolute Gasteiger partial charge is 0.490 e. The highest BCUT2D eigenvalue weighted by molar-refractivity contribution is 5.95. The Morgan fingerprint density at radius 1 is 1.29 bits per heavy atom. The van der Waals surface area contributed by atoms with Crippen molar-refractivity contribution >= 4 is 11.6 Å². The van der Waals surface area contributed by atoms with E-state index in [1.807, 2.05) is 0 Å². The lowest BCUT2D eigenvalue weighted by atomic mass is 10.1. The van der Waals surface area contributed by atoms with Gasteiger partial charge >= 0.3 is 5.69 Å². The van der Waals surface area contributed by atoms with Crippen LogP contribution in [-0.4, -0.2) is 24.5 Å². The van der Waals surface area contributed by atoms with Crippen molar-refractivity contribution in [1.82, 2.24) is 5.32 Å². The van der Waals surface area contributed by atoms with E-state index in [-0.39, 0.29) is 22.9 Å². The van der Waals surface area contributed by atoms with E-state index in [1.54, 1.807) is 0 Å². The Morgan fingerprint density at radius 2 is 2.00 bits per heavy atom. The monoisotopic (exact) mass is 294 g/mol. The Hall–Kier alpha value is -2.11. The lowest BCUT2D eigenvalue weighted by molar-refractivity contribution is -0.385. The smallest absolute Gasteiger partial charge is 0.311 e. The van der Waals surface area contributed by atoms with Gasteiger partial charge in [-0.2, -0.15) is 0 Å². The molecule has 0 fully saturated rings. The standard InChI is InChI=1S/C15H22N2O4/c1-3-4-5-6-7-10-16-15(18)12-8-9-14(21-2)13(11-12)17(19)20/h8-9,11H,3-7,10H2,1-2H3,(H,16,18). The number of carbonyl (C=O) groups is 1. The summed E-state index contributed by atoms with van der Waals surface area (Å²) in [6.45, 7) is 2.74. The van der Waals surface area contributed by atoms with Crippen molar-refractivity contribution in [3.8, 4) is 5.75 Å². The van der Waals surface area contributed by atoms with Gasteiger partial charge in [-0.15, -0.1) is 0 Å². The van der Waals surface area contributed by atoms with Crippen molar-refractivity contribution in [2.75, 3.05) is 13.7 Å². The number of ether oxygens (including phenoxy) is 1. The van der Waals surface area contributed by atoms with Crippen LogP contribution in [0.15, 0.2) is 18.2 Å². The van der Waals surface area contributed by atoms with Crippen molar-refractivity contribution in [2.45, 2.75) is 39.0 Å². The van der Waals surface area contributed by atoms with Crippen LogP contribution in [0.1, 0.15) is 49.4 Å². The van der Waals surface area contributed by atoms with Crippen molar-refractivity contribution in [2.24, 2.45) is 0 Å². The van der Waals surface area contributed by atoms with E-state index in [9.17, 15) is 14.9 Å². The van der Waals surface area contributed by atoms with Gasteiger partial charge < -0.3 is 10.1 Å². The Balaban J connectivity index is 2.54. The Morgan fingerprint density at radius 3 is 2.62 bits per heavy atom. The Kier molecular flexibility index (Phi) is 7.21. The van der Waals surface area contributed by atoms with E-state index in [2.05, 4.69) is 12.2 Å². The molecule has 116 valence electrons. The number of benzene rings is 1. The molecule has 1 aromatic carbocycles. The van der Waals surface area contributed by atoms with Gasteiger partial charge in [0.25, 0.3) is 5.91 Å². The predicted molar refractivity (Wildman–Crippen MR) is 80.7 cm³/mol. The number of carbonyl (C=O) groups excluding carboxylic acids is 1. The second-order valence-electron chi connectivity index (χ2n) is 4.81. The number of nitro benzene ring substituents is 1. The zero-order valence-electron chi connectivity index (χ0n) is 12.6. The fourth-order valence-corrected chi connectivity index (χ4v) is 2.01. The fraction of sp³-hybridized carbons (Fsp3) is 0.533. The van der Waals surface area contributed by atoms with Gasteiger partial charge in [0.2, 0.25) is 0 Å². The summed E-state index contributed by atoms with van der Waals surface area (Å²) < 4.78 is 4.90. The SMILES string of the molecule is CCCCCCCNC(=O)c1ccc(OC)c([N+](=O)[O-])c1. The molecule has 0 heterocycles. The minimum atomic E-state index is -0.555. The third kappa shape index (κ3) is 5.41. The maximum atomic E-state index is 11.9. The third-order valence-corrected chi connectivity index (χ3v) is 3.20. The predicted octanol–water partition coefficient (Wildman–Crippen LogP) is 3.30. The number of nitrogens with zero attached hydrogens (tertiary/aromatic N) is 1. The summed E-state index contributed by atoms with van der Waals surface area (Å²) in [6, 6.07) is 4.21. The van der Waals surface area contributed by atoms with Gasteiger partial charge in [0, 0.05) is 18.2 Å². The molecule has 0 radical (unpaired) electrons. The van der Waals surface area contributed by atoms with Crippen LogP contribution < -0.4 is 10.1 Å². The zero-order valence-corrected chi connectivity index (χ0v) is 12.6. The molecule has 6 nitrogen and oxygen atoms in total. The van der Waals surface area contributed by atoms with Gasteiger partial charge in [0.05, 0.1) is 12.0 Å². The second kappa shape index (κ2) is 8.94. The molecule has 1 aromatic rings. The molecule has 0 unspecified atom stereocenters. The van der Waals surface area contributed by atoms with E-state index < -0.39 is 4.92 Å². The van der Waals surface area contributed by atoms with Gasteiger partial charge in [-0.05, 0) is 18.6 Å². The molecular weight excluding hydrogens is 272 g/mol. The first-order chi connectivity index (χ1) is 10.1. The minimum Gasteiger partial charge on any atom is -0.490 e. The first-order valence-corrected chi connectivity index (χ1v) is 7.20. The number of nitrogens with one attached hydrogen (secondary N) is 1. The topological polar surface area (TPSA) is 81.5 Å². The quantitative estimate of drug-likeness (QED) is 0.430. The van der Waals surface area contributed by atoms with Crippen molar-refractivity contribution in [3.05, 3.63) is 33.9 Å². The summed E-state index contributed by atoms with van der Waals surface area (Å²) in [7, 11) is 1.36. The minimum absolute atomic E-state index is 0.149. The molecule has 0 atom stereocenters. The summed E-state index contributed by atoms with van der Waals surface area (Å²) in [5.74, 6) is -0.146. The van der Waals surface area contributed by atoms with Gasteiger partial charge in [-0.3, -0.25) is 14.9 Å². The van der Waals surface area contributed by atoms with Crippen molar-refractivity contribution in [1.29, 1.82) is 0 Å². The molecule has 1 N–H and O–H groups in total. The number of rotatable bonds is 9. The fourth-order valence-electron chi connectivity index (χ4n) is 2.01. The number of hydrogen-bond donors (Lipinski definition) is 1. The normalized spacial score (nSPS) is 10.2. The molecular formula is C15H22N2O4. The highest BCUT2D eigenvalue weighted by atomic mass is 16.6. The molecule has 0 saturated carbocycles. The highest BCUT2D eigenvalue weighted by Gasteiger charge is 2.17. The molecule has 0 bridgehead atoms. The van der Waals surface area contributed by atoms with Crippen molar-refractivity contribution in [3.63, 3.8) is 0 Å². The molecule has 1 amide bonds. The highest BCUT2D eigenvalue weighted by Crippen LogP contribution is 2.27. The molecule has 0 saturated heterocycles. The average molecular weight is 294 g/mol. The van der Waals surface area contributed by atoms with E-state index in [1.165, 1.54) is 44.6 Å². The number of amides is 1. The van der Waals surface area contributed by atoms with Crippen LogP contribution in [0.2, 0.25) is 0 Å². The lowest BCUT2D eigenvalue weighted by Gasteiger charge is -2.07. The van der Waals surface area contributed by atoms with E-state index in [0.29, 0.717) is 6.54 Å². The second-order valence-corrected chi connectivity index (χ2v) is 4.81. The van der Waals surface area contributed by atoms with Crippen LogP contribution in [-0.2, 0) is 0 Å². The number of methoxy groups -OCH3 is 1. The van der Waals surface area contributed by atoms with Crippen LogP contribution in [0.3, 0.4) is 0 Å². The number of unbranched alkanes of at least 4 members (excludes halogenated alkanes) is 4.